The largest absolute Gasteiger partial charge is 0.354 e. The van der Waals surface area contributed by atoms with Crippen LogP contribution in [0.3, 0.4) is 0 Å². The molecule has 0 saturated carbocycles. The Balaban J connectivity index is 1.61. The maximum atomic E-state index is 13.7. The van der Waals surface area contributed by atoms with E-state index in [2.05, 4.69) is 84.3 Å². The fourth-order valence-electron chi connectivity index (χ4n) is 4.91. The van der Waals surface area contributed by atoms with Gasteiger partial charge in [-0.3, -0.25) is 14.6 Å². The van der Waals surface area contributed by atoms with Crippen molar-refractivity contribution in [3.8, 4) is 0 Å². The molecule has 4 aromatic rings. The molecule has 0 spiro atoms. The Labute approximate surface area is 257 Å². The standard InChI is InChI=1S/C37H42N3O2P/c1-4-5-25-38-36(41)33(26-29-17-9-6-10-18-29)40-37(42)35(28(2)3)39-27-30-19-15-16-24-34(30)43(31-20-11-7-12-21-31)32-22-13-8-14-23-32/h6-24,27-28,33,35H,4-5,25-26H2,1-3H3,(H,38,41)(H,40,42). The van der Waals surface area contributed by atoms with Crippen molar-refractivity contribution in [2.24, 2.45) is 10.9 Å². The van der Waals surface area contributed by atoms with E-state index in [0.29, 0.717) is 13.0 Å². The molecule has 2 unspecified atom stereocenters. The van der Waals surface area contributed by atoms with Gasteiger partial charge in [0.2, 0.25) is 11.8 Å². The van der Waals surface area contributed by atoms with Gasteiger partial charge in [-0.1, -0.05) is 142 Å². The van der Waals surface area contributed by atoms with Crippen molar-refractivity contribution in [2.45, 2.75) is 52.1 Å². The van der Waals surface area contributed by atoms with Crippen LogP contribution >= 0.6 is 7.92 Å². The van der Waals surface area contributed by atoms with Gasteiger partial charge in [0.15, 0.2) is 0 Å². The monoisotopic (exact) mass is 591 g/mol. The van der Waals surface area contributed by atoms with Crippen molar-refractivity contribution in [1.29, 1.82) is 0 Å². The molecule has 4 aromatic carbocycles. The van der Waals surface area contributed by atoms with Crippen molar-refractivity contribution in [3.05, 3.63) is 126 Å². The van der Waals surface area contributed by atoms with E-state index in [1.54, 1.807) is 0 Å². The molecule has 0 bridgehead atoms. The van der Waals surface area contributed by atoms with Crippen LogP contribution in [0.25, 0.3) is 0 Å². The van der Waals surface area contributed by atoms with Gasteiger partial charge < -0.3 is 10.6 Å². The van der Waals surface area contributed by atoms with Gasteiger partial charge in [0, 0.05) is 24.7 Å². The van der Waals surface area contributed by atoms with E-state index >= 15 is 0 Å². The molecule has 222 valence electrons. The van der Waals surface area contributed by atoms with E-state index in [-0.39, 0.29) is 17.7 Å². The first kappa shape index (κ1) is 31.8. The molecule has 2 N–H and O–H groups in total. The Morgan fingerprint density at radius 3 is 1.91 bits per heavy atom. The van der Waals surface area contributed by atoms with Crippen LogP contribution in [0.15, 0.2) is 120 Å². The third kappa shape index (κ3) is 9.20. The highest BCUT2D eigenvalue weighted by atomic mass is 31.1. The van der Waals surface area contributed by atoms with Crippen LogP contribution in [0.5, 0.6) is 0 Å². The van der Waals surface area contributed by atoms with Gasteiger partial charge in [0.1, 0.15) is 12.1 Å². The molecule has 2 amide bonds. The molecule has 0 radical (unpaired) electrons. The topological polar surface area (TPSA) is 70.6 Å². The van der Waals surface area contributed by atoms with E-state index in [0.717, 1.165) is 24.0 Å². The van der Waals surface area contributed by atoms with Gasteiger partial charge in [0.05, 0.1) is 0 Å². The second-order valence-electron chi connectivity index (χ2n) is 10.9. The van der Waals surface area contributed by atoms with Crippen molar-refractivity contribution >= 4 is 41.9 Å². The Bertz CT molecular complexity index is 1420. The number of amides is 2. The van der Waals surface area contributed by atoms with E-state index in [1.165, 1.54) is 15.9 Å². The van der Waals surface area contributed by atoms with E-state index in [9.17, 15) is 9.59 Å². The van der Waals surface area contributed by atoms with Crippen molar-refractivity contribution in [1.82, 2.24) is 10.6 Å². The second-order valence-corrected chi connectivity index (χ2v) is 13.1. The van der Waals surface area contributed by atoms with Gasteiger partial charge in [-0.25, -0.2) is 0 Å². The predicted octanol–water partition coefficient (Wildman–Crippen LogP) is 5.53. The van der Waals surface area contributed by atoms with Gasteiger partial charge >= 0.3 is 0 Å². The minimum atomic E-state index is -0.832. The summed E-state index contributed by atoms with van der Waals surface area (Å²) in [5, 5.41) is 9.72. The number of aliphatic imine (C=N–C) groups is 1. The number of rotatable bonds is 14. The smallest absolute Gasteiger partial charge is 0.245 e. The quantitative estimate of drug-likeness (QED) is 0.115. The number of hydrogen-bond donors (Lipinski definition) is 2. The molecule has 0 fully saturated rings. The summed E-state index contributed by atoms with van der Waals surface area (Å²) in [6.45, 7) is 6.65. The Morgan fingerprint density at radius 1 is 0.767 bits per heavy atom. The zero-order valence-electron chi connectivity index (χ0n) is 25.3. The molecule has 5 nitrogen and oxygen atoms in total. The van der Waals surface area contributed by atoms with Gasteiger partial charge in [-0.05, 0) is 41.7 Å². The molecule has 4 rings (SSSR count). The third-order valence-electron chi connectivity index (χ3n) is 7.23. The fourth-order valence-corrected chi connectivity index (χ4v) is 7.33. The van der Waals surface area contributed by atoms with E-state index in [1.807, 2.05) is 68.6 Å². The Kier molecular flexibility index (Phi) is 12.2. The lowest BCUT2D eigenvalue weighted by atomic mass is 10.0. The molecular formula is C37H42N3O2P. The summed E-state index contributed by atoms with van der Waals surface area (Å²) in [6.07, 6.45) is 4.14. The first-order valence-electron chi connectivity index (χ1n) is 15.1. The van der Waals surface area contributed by atoms with Gasteiger partial charge in [-0.2, -0.15) is 0 Å². The summed E-state index contributed by atoms with van der Waals surface area (Å²) in [6, 6.07) is 37.9. The number of benzene rings is 4. The lowest BCUT2D eigenvalue weighted by Crippen LogP contribution is -2.51. The minimum absolute atomic E-state index is 0.0614. The maximum absolute atomic E-state index is 13.7. The van der Waals surface area contributed by atoms with Crippen molar-refractivity contribution in [2.75, 3.05) is 6.54 Å². The van der Waals surface area contributed by atoms with Crippen LogP contribution in [0.1, 0.15) is 44.7 Å². The van der Waals surface area contributed by atoms with Crippen LogP contribution < -0.4 is 26.5 Å². The molecule has 0 aliphatic heterocycles. The molecule has 0 heterocycles. The molecular weight excluding hydrogens is 549 g/mol. The summed E-state index contributed by atoms with van der Waals surface area (Å²) in [4.78, 5) is 31.7. The molecule has 6 heteroatoms. The average molecular weight is 592 g/mol. The molecule has 43 heavy (non-hydrogen) atoms. The highest BCUT2D eigenvalue weighted by Gasteiger charge is 2.27. The molecule has 2 atom stereocenters. The van der Waals surface area contributed by atoms with Crippen LogP contribution in [-0.2, 0) is 16.0 Å². The lowest BCUT2D eigenvalue weighted by Gasteiger charge is -2.23. The van der Waals surface area contributed by atoms with Crippen LogP contribution in [-0.4, -0.2) is 36.7 Å². The Morgan fingerprint density at radius 2 is 1.33 bits per heavy atom. The maximum Gasteiger partial charge on any atom is 0.245 e. The minimum Gasteiger partial charge on any atom is -0.354 e. The lowest BCUT2D eigenvalue weighted by molar-refractivity contribution is -0.130. The number of carbonyl (C=O) groups is 2. The average Bonchev–Trinajstić information content (AvgIpc) is 3.03. The fraction of sp³-hybridized carbons (Fsp3) is 0.270. The van der Waals surface area contributed by atoms with Crippen molar-refractivity contribution < 1.29 is 9.59 Å². The zero-order valence-corrected chi connectivity index (χ0v) is 26.2. The summed E-state index contributed by atoms with van der Waals surface area (Å²) < 4.78 is 0. The molecule has 0 aliphatic carbocycles. The number of unbranched alkanes of at least 4 members (excludes halogenated alkanes) is 1. The van der Waals surface area contributed by atoms with Gasteiger partial charge in [0.25, 0.3) is 0 Å². The third-order valence-corrected chi connectivity index (χ3v) is 9.74. The predicted molar refractivity (Wildman–Crippen MR) is 181 cm³/mol. The normalized spacial score (nSPS) is 12.8. The Hall–Kier alpha value is -4.08. The number of nitrogens with zero attached hydrogens (tertiary/aromatic N) is 1. The first-order valence-corrected chi connectivity index (χ1v) is 16.5. The summed E-state index contributed by atoms with van der Waals surface area (Å²) in [7, 11) is -0.832. The molecule has 0 aliphatic rings. The summed E-state index contributed by atoms with van der Waals surface area (Å²) in [5.74, 6) is -0.476. The summed E-state index contributed by atoms with van der Waals surface area (Å²) in [5.41, 5.74) is 1.98. The number of carbonyl (C=O) groups excluding carboxylic acids is 2. The van der Waals surface area contributed by atoms with Crippen LogP contribution in [0, 0.1) is 5.92 Å². The number of hydrogen-bond acceptors (Lipinski definition) is 3. The van der Waals surface area contributed by atoms with Gasteiger partial charge in [-0.15, -0.1) is 0 Å². The van der Waals surface area contributed by atoms with Crippen molar-refractivity contribution in [3.63, 3.8) is 0 Å². The highest BCUT2D eigenvalue weighted by Crippen LogP contribution is 2.33. The second kappa shape index (κ2) is 16.5. The molecule has 0 saturated heterocycles. The van der Waals surface area contributed by atoms with Crippen LogP contribution in [0.2, 0.25) is 0 Å². The zero-order chi connectivity index (χ0) is 30.4. The first-order chi connectivity index (χ1) is 21.0. The molecule has 0 aromatic heterocycles. The highest BCUT2D eigenvalue weighted by molar-refractivity contribution is 7.80. The number of nitrogens with one attached hydrogen (secondary N) is 2. The van der Waals surface area contributed by atoms with Crippen LogP contribution in [0.4, 0.5) is 0 Å². The summed E-state index contributed by atoms with van der Waals surface area (Å²) >= 11 is 0. The SMILES string of the molecule is CCCCNC(=O)C(Cc1ccccc1)NC(=O)C(N=Cc1ccccc1P(c1ccccc1)c1ccccc1)C(C)C. The van der Waals surface area contributed by atoms with E-state index < -0.39 is 20.0 Å². The van der Waals surface area contributed by atoms with E-state index in [4.69, 9.17) is 4.99 Å².